The number of benzene rings is 1. The molecule has 2 amide bonds. The van der Waals surface area contributed by atoms with Crippen LogP contribution in [0.5, 0.6) is 0 Å². The quantitative estimate of drug-likeness (QED) is 0.633. The maximum absolute atomic E-state index is 13.4. The van der Waals surface area contributed by atoms with E-state index in [1.54, 1.807) is 28.0 Å². The van der Waals surface area contributed by atoms with Crippen molar-refractivity contribution in [2.45, 2.75) is 78.1 Å². The summed E-state index contributed by atoms with van der Waals surface area (Å²) in [5.41, 5.74) is 0.185. The Morgan fingerprint density at radius 1 is 1.25 bits per heavy atom. The number of hydrogen-bond donors (Lipinski definition) is 0. The lowest BCUT2D eigenvalue weighted by molar-refractivity contribution is -0.140. The van der Waals surface area contributed by atoms with Crippen LogP contribution in [0.4, 0.5) is 4.79 Å². The number of nitrogens with zero attached hydrogens (tertiary/aromatic N) is 2. The molecule has 1 aromatic rings. The van der Waals surface area contributed by atoms with E-state index in [1.807, 2.05) is 34.6 Å². The Labute approximate surface area is 177 Å². The number of carbonyl (C=O) groups is 2. The number of carbonyl (C=O) groups excluding carboxylic acids is 2. The molecule has 0 N–H and O–H groups in total. The molecule has 1 aliphatic heterocycles. The molecule has 0 aliphatic carbocycles. The minimum atomic E-state index is -0.603. The summed E-state index contributed by atoms with van der Waals surface area (Å²) in [6.45, 7) is 10.3. The monoisotopic (exact) mass is 428 g/mol. The third-order valence-corrected chi connectivity index (χ3v) is 5.27. The van der Waals surface area contributed by atoms with E-state index < -0.39 is 17.7 Å². The van der Waals surface area contributed by atoms with E-state index in [0.717, 1.165) is 18.4 Å². The van der Waals surface area contributed by atoms with Crippen LogP contribution < -0.4 is 0 Å². The highest BCUT2D eigenvalue weighted by molar-refractivity contribution is 6.33. The summed E-state index contributed by atoms with van der Waals surface area (Å²) in [6.07, 6.45) is 1.96. The molecule has 0 unspecified atom stereocenters. The second-order valence-electron chi connectivity index (χ2n) is 8.48. The van der Waals surface area contributed by atoms with Crippen molar-refractivity contribution in [1.82, 2.24) is 9.80 Å². The molecule has 1 heterocycles. The molecular weight excluding hydrogens is 399 g/mol. The van der Waals surface area contributed by atoms with Gasteiger partial charge < -0.3 is 9.64 Å². The van der Waals surface area contributed by atoms with Crippen molar-refractivity contribution >= 4 is 35.2 Å². The van der Waals surface area contributed by atoms with Crippen LogP contribution in [0.2, 0.25) is 10.0 Å². The van der Waals surface area contributed by atoms with Crippen LogP contribution >= 0.6 is 23.2 Å². The number of rotatable bonds is 4. The van der Waals surface area contributed by atoms with E-state index in [9.17, 15) is 9.59 Å². The predicted molar refractivity (Wildman–Crippen MR) is 113 cm³/mol. The molecule has 1 fully saturated rings. The summed E-state index contributed by atoms with van der Waals surface area (Å²) in [7, 11) is 0. The largest absolute Gasteiger partial charge is 0.444 e. The molecule has 0 spiro atoms. The van der Waals surface area contributed by atoms with Gasteiger partial charge in [-0.3, -0.25) is 9.69 Å². The van der Waals surface area contributed by atoms with Gasteiger partial charge in [0, 0.05) is 29.2 Å². The average molecular weight is 429 g/mol. The van der Waals surface area contributed by atoms with Crippen molar-refractivity contribution in [1.29, 1.82) is 0 Å². The SMILES string of the molecule is CC(C)N(Cc1cc(Cl)ccc1Cl)C(=O)[C@H]1CCCCN1C(=O)OC(C)(C)C. The highest BCUT2D eigenvalue weighted by Gasteiger charge is 2.37. The molecule has 1 atom stereocenters. The lowest BCUT2D eigenvalue weighted by atomic mass is 10.0. The summed E-state index contributed by atoms with van der Waals surface area (Å²) in [5, 5.41) is 1.14. The average Bonchev–Trinajstić information content (AvgIpc) is 2.60. The zero-order valence-electron chi connectivity index (χ0n) is 17.3. The number of piperidine rings is 1. The van der Waals surface area contributed by atoms with Crippen molar-refractivity contribution in [3.63, 3.8) is 0 Å². The van der Waals surface area contributed by atoms with Gasteiger partial charge in [-0.15, -0.1) is 0 Å². The minimum absolute atomic E-state index is 0.0510. The summed E-state index contributed by atoms with van der Waals surface area (Å²) in [6, 6.07) is 4.66. The summed E-state index contributed by atoms with van der Waals surface area (Å²) in [4.78, 5) is 29.4. The Hall–Kier alpha value is -1.46. The van der Waals surface area contributed by atoms with Gasteiger partial charge in [0.05, 0.1) is 0 Å². The fourth-order valence-corrected chi connectivity index (χ4v) is 3.65. The molecule has 1 saturated heterocycles. The van der Waals surface area contributed by atoms with Crippen LogP contribution in [0.1, 0.15) is 59.4 Å². The molecule has 156 valence electrons. The second-order valence-corrected chi connectivity index (χ2v) is 9.32. The summed E-state index contributed by atoms with van der Waals surface area (Å²) >= 11 is 12.4. The Morgan fingerprint density at radius 2 is 1.93 bits per heavy atom. The molecular formula is C21H30Cl2N2O3. The highest BCUT2D eigenvalue weighted by Crippen LogP contribution is 2.26. The van der Waals surface area contributed by atoms with Crippen LogP contribution in [0.25, 0.3) is 0 Å². The van der Waals surface area contributed by atoms with Gasteiger partial charge in [0.15, 0.2) is 0 Å². The third-order valence-electron chi connectivity index (χ3n) is 4.67. The third kappa shape index (κ3) is 6.02. The van der Waals surface area contributed by atoms with Gasteiger partial charge in [-0.2, -0.15) is 0 Å². The van der Waals surface area contributed by atoms with Crippen molar-refractivity contribution in [2.24, 2.45) is 0 Å². The standard InChI is InChI=1S/C21H30Cl2N2O3/c1-14(2)25(13-15-12-16(22)9-10-17(15)23)19(26)18-8-6-7-11-24(18)20(27)28-21(3,4)5/h9-10,12,14,18H,6-8,11,13H2,1-5H3/t18-/m1/s1. The smallest absolute Gasteiger partial charge is 0.410 e. The van der Waals surface area contributed by atoms with E-state index in [1.165, 1.54) is 0 Å². The van der Waals surface area contributed by atoms with E-state index >= 15 is 0 Å². The topological polar surface area (TPSA) is 49.9 Å². The van der Waals surface area contributed by atoms with Crippen molar-refractivity contribution in [3.8, 4) is 0 Å². The predicted octanol–water partition coefficient (Wildman–Crippen LogP) is 5.52. The number of hydrogen-bond acceptors (Lipinski definition) is 3. The van der Waals surface area contributed by atoms with Gasteiger partial charge >= 0.3 is 6.09 Å². The molecule has 28 heavy (non-hydrogen) atoms. The summed E-state index contributed by atoms with van der Waals surface area (Å²) < 4.78 is 5.53. The van der Waals surface area contributed by atoms with Crippen LogP contribution in [-0.2, 0) is 16.1 Å². The van der Waals surface area contributed by atoms with E-state index in [0.29, 0.717) is 29.6 Å². The number of ether oxygens (including phenoxy) is 1. The van der Waals surface area contributed by atoms with Gasteiger partial charge in [-0.25, -0.2) is 4.79 Å². The van der Waals surface area contributed by atoms with Crippen molar-refractivity contribution in [2.75, 3.05) is 6.54 Å². The van der Waals surface area contributed by atoms with Gasteiger partial charge in [-0.1, -0.05) is 23.2 Å². The molecule has 7 heteroatoms. The van der Waals surface area contributed by atoms with Gasteiger partial charge in [0.2, 0.25) is 5.91 Å². The van der Waals surface area contributed by atoms with Gasteiger partial charge in [-0.05, 0) is 77.6 Å². The van der Waals surface area contributed by atoms with Crippen molar-refractivity contribution in [3.05, 3.63) is 33.8 Å². The van der Waals surface area contributed by atoms with Crippen LogP contribution in [0.15, 0.2) is 18.2 Å². The molecule has 0 saturated carbocycles. The van der Waals surface area contributed by atoms with E-state index in [2.05, 4.69) is 0 Å². The zero-order chi connectivity index (χ0) is 21.1. The molecule has 1 aliphatic rings. The second kappa shape index (κ2) is 9.36. The molecule has 0 radical (unpaired) electrons. The molecule has 2 rings (SSSR count). The fraction of sp³-hybridized carbons (Fsp3) is 0.619. The Kier molecular flexibility index (Phi) is 7.63. The maximum atomic E-state index is 13.4. The maximum Gasteiger partial charge on any atom is 0.410 e. The lowest BCUT2D eigenvalue weighted by Crippen LogP contribution is -2.55. The minimum Gasteiger partial charge on any atom is -0.444 e. The van der Waals surface area contributed by atoms with Crippen LogP contribution in [0, 0.1) is 0 Å². The van der Waals surface area contributed by atoms with Gasteiger partial charge in [0.25, 0.3) is 0 Å². The van der Waals surface area contributed by atoms with E-state index in [4.69, 9.17) is 27.9 Å². The lowest BCUT2D eigenvalue weighted by Gasteiger charge is -2.39. The fourth-order valence-electron chi connectivity index (χ4n) is 3.28. The van der Waals surface area contributed by atoms with Crippen LogP contribution in [0.3, 0.4) is 0 Å². The first-order chi connectivity index (χ1) is 13.0. The van der Waals surface area contributed by atoms with Crippen molar-refractivity contribution < 1.29 is 14.3 Å². The van der Waals surface area contributed by atoms with Gasteiger partial charge in [0.1, 0.15) is 11.6 Å². The molecule has 1 aromatic carbocycles. The first-order valence-corrected chi connectivity index (χ1v) is 10.5. The number of halogens is 2. The number of amides is 2. The summed E-state index contributed by atoms with van der Waals surface area (Å²) in [5.74, 6) is -0.0865. The zero-order valence-corrected chi connectivity index (χ0v) is 18.8. The molecule has 5 nitrogen and oxygen atoms in total. The Bertz CT molecular complexity index is 716. The first kappa shape index (κ1) is 22.8. The normalized spacial score (nSPS) is 17.6. The first-order valence-electron chi connectivity index (χ1n) is 9.73. The highest BCUT2D eigenvalue weighted by atomic mass is 35.5. The Balaban J connectivity index is 2.24. The number of likely N-dealkylation sites (tertiary alicyclic amines) is 1. The Morgan fingerprint density at radius 3 is 2.54 bits per heavy atom. The van der Waals surface area contributed by atoms with Crippen LogP contribution in [-0.4, -0.2) is 46.0 Å². The van der Waals surface area contributed by atoms with E-state index in [-0.39, 0.29) is 11.9 Å². The molecule has 0 bridgehead atoms. The molecule has 0 aromatic heterocycles.